The molecule has 2 aromatic carbocycles. The first-order valence-electron chi connectivity index (χ1n) is 12.7. The zero-order chi connectivity index (χ0) is 26.3. The number of imidazole rings is 1. The third kappa shape index (κ3) is 6.97. The number of para-hydroxylation sites is 2. The summed E-state index contributed by atoms with van der Waals surface area (Å²) in [6, 6.07) is 13.5. The fourth-order valence-electron chi connectivity index (χ4n) is 4.36. The number of hydrogen-bond donors (Lipinski definition) is 0. The van der Waals surface area contributed by atoms with Crippen LogP contribution in [0.25, 0.3) is 11.4 Å². The maximum Gasteiger partial charge on any atom is 0.254 e. The third-order valence-electron chi connectivity index (χ3n) is 6.10. The molecule has 3 rings (SSSR count). The van der Waals surface area contributed by atoms with Crippen LogP contribution in [0.5, 0.6) is 0 Å². The molecule has 0 aliphatic rings. The van der Waals surface area contributed by atoms with Crippen molar-refractivity contribution in [3.8, 4) is 11.4 Å². The van der Waals surface area contributed by atoms with E-state index in [1.807, 2.05) is 0 Å². The molecule has 0 aliphatic heterocycles. The average Bonchev–Trinajstić information content (AvgIpc) is 3.27. The molecule has 0 saturated carbocycles. The first-order valence-corrected chi connectivity index (χ1v) is 12.7. The van der Waals surface area contributed by atoms with Crippen molar-refractivity contribution in [1.82, 2.24) is 4.57 Å². The number of benzene rings is 2. The van der Waals surface area contributed by atoms with Gasteiger partial charge in [-0.3, -0.25) is 0 Å². The van der Waals surface area contributed by atoms with E-state index in [1.54, 1.807) is 6.92 Å². The minimum atomic E-state index is -1.46. The standard InChI is InChI=1S/C27H37N2.C3H6O3/c1-18(2)22-11-9-12-23(19(3)4)26(22)28-15-16-29(17-28)27-24(20(5)6)13-10-14-25(27)21(7)8;1-2-6-3(4)5/h9-21H,1-8H3;2H2,1H3,(H,4,5)/q+1;/p-1. The van der Waals surface area contributed by atoms with Gasteiger partial charge in [-0.05, 0) is 30.6 Å². The van der Waals surface area contributed by atoms with Crippen LogP contribution < -0.4 is 9.67 Å². The average molecular weight is 479 g/mol. The Balaban J connectivity index is 0.000000641. The van der Waals surface area contributed by atoms with Gasteiger partial charge in [-0.15, -0.1) is 0 Å². The summed E-state index contributed by atoms with van der Waals surface area (Å²) < 4.78 is 8.50. The molecule has 0 fully saturated rings. The molecule has 0 spiro atoms. The molecule has 3 aromatic rings. The summed E-state index contributed by atoms with van der Waals surface area (Å²) in [6.07, 6.45) is 5.24. The predicted octanol–water partition coefficient (Wildman–Crippen LogP) is 6.61. The van der Waals surface area contributed by atoms with Crippen LogP contribution in [0.15, 0.2) is 55.1 Å². The Hall–Kier alpha value is -3.08. The lowest BCUT2D eigenvalue weighted by Gasteiger charge is -2.17. The summed E-state index contributed by atoms with van der Waals surface area (Å²) in [7, 11) is 0. The maximum absolute atomic E-state index is 9.27. The van der Waals surface area contributed by atoms with Crippen LogP contribution in [-0.4, -0.2) is 17.3 Å². The summed E-state index contributed by atoms with van der Waals surface area (Å²) in [5.74, 6) is 1.92. The highest BCUT2D eigenvalue weighted by molar-refractivity contribution is 5.53. The molecule has 5 nitrogen and oxygen atoms in total. The Labute approximate surface area is 211 Å². The summed E-state index contributed by atoms with van der Waals surface area (Å²) in [5.41, 5.74) is 8.29. The van der Waals surface area contributed by atoms with Gasteiger partial charge < -0.3 is 14.6 Å². The van der Waals surface area contributed by atoms with E-state index in [-0.39, 0.29) is 6.61 Å². The van der Waals surface area contributed by atoms with Gasteiger partial charge in [0.05, 0.1) is 0 Å². The van der Waals surface area contributed by atoms with E-state index in [4.69, 9.17) is 0 Å². The zero-order valence-electron chi connectivity index (χ0n) is 22.8. The molecule has 1 aromatic heterocycles. The van der Waals surface area contributed by atoms with E-state index in [9.17, 15) is 9.90 Å². The van der Waals surface area contributed by atoms with Crippen LogP contribution in [-0.2, 0) is 4.74 Å². The minimum Gasteiger partial charge on any atom is -0.550 e. The molecule has 190 valence electrons. The Morgan fingerprint density at radius 3 is 1.60 bits per heavy atom. The molecule has 0 atom stereocenters. The molecule has 5 heteroatoms. The first-order chi connectivity index (χ1) is 16.5. The molecular weight excluding hydrogens is 436 g/mol. The largest absolute Gasteiger partial charge is 0.550 e. The number of carbonyl (C=O) groups excluding carboxylic acids is 1. The predicted molar refractivity (Wildman–Crippen MR) is 141 cm³/mol. The molecule has 0 radical (unpaired) electrons. The van der Waals surface area contributed by atoms with Crippen molar-refractivity contribution in [3.05, 3.63) is 77.4 Å². The molecule has 0 saturated heterocycles. The van der Waals surface area contributed by atoms with Gasteiger partial charge in [-0.1, -0.05) is 91.8 Å². The summed E-state index contributed by atoms with van der Waals surface area (Å²) in [6.45, 7) is 20.0. The number of carboxylic acid groups (broad SMARTS) is 1. The first kappa shape index (κ1) is 28.2. The molecule has 0 aliphatic carbocycles. The number of ether oxygens (including phenoxy) is 1. The van der Waals surface area contributed by atoms with Crippen molar-refractivity contribution in [2.45, 2.75) is 86.0 Å². The molecule has 0 unspecified atom stereocenters. The molecule has 0 N–H and O–H groups in total. The van der Waals surface area contributed by atoms with Crippen molar-refractivity contribution >= 4 is 6.16 Å². The fraction of sp³-hybridized carbons (Fsp3) is 0.467. The van der Waals surface area contributed by atoms with Gasteiger partial charge in [-0.25, -0.2) is 9.13 Å². The van der Waals surface area contributed by atoms with E-state index in [0.29, 0.717) is 23.7 Å². The van der Waals surface area contributed by atoms with Gasteiger partial charge in [0.15, 0.2) is 0 Å². The van der Waals surface area contributed by atoms with Gasteiger partial charge >= 0.3 is 0 Å². The Morgan fingerprint density at radius 1 is 0.829 bits per heavy atom. The number of carbonyl (C=O) groups is 1. The van der Waals surface area contributed by atoms with E-state index >= 15 is 0 Å². The summed E-state index contributed by atoms with van der Waals surface area (Å²) in [5, 5.41) is 9.27. The summed E-state index contributed by atoms with van der Waals surface area (Å²) in [4.78, 5) is 9.27. The van der Waals surface area contributed by atoms with Gasteiger partial charge in [0, 0.05) is 28.9 Å². The van der Waals surface area contributed by atoms with Gasteiger partial charge in [0.25, 0.3) is 12.5 Å². The Morgan fingerprint density at radius 2 is 1.26 bits per heavy atom. The van der Waals surface area contributed by atoms with E-state index in [0.717, 1.165) is 0 Å². The van der Waals surface area contributed by atoms with Crippen LogP contribution in [0.1, 0.15) is 108 Å². The van der Waals surface area contributed by atoms with Crippen LogP contribution in [0.4, 0.5) is 4.79 Å². The lowest BCUT2D eigenvalue weighted by atomic mass is 9.92. The van der Waals surface area contributed by atoms with Crippen LogP contribution in [0.2, 0.25) is 0 Å². The molecule has 1 heterocycles. The fourth-order valence-corrected chi connectivity index (χ4v) is 4.36. The highest BCUT2D eigenvalue weighted by Gasteiger charge is 2.23. The van der Waals surface area contributed by atoms with Crippen molar-refractivity contribution in [2.75, 3.05) is 6.61 Å². The molecular formula is C30H42N2O3. The smallest absolute Gasteiger partial charge is 0.254 e. The third-order valence-corrected chi connectivity index (χ3v) is 6.10. The zero-order valence-corrected chi connectivity index (χ0v) is 22.8. The lowest BCUT2D eigenvalue weighted by molar-refractivity contribution is -0.596. The molecule has 0 bridgehead atoms. The van der Waals surface area contributed by atoms with Crippen molar-refractivity contribution in [3.63, 3.8) is 0 Å². The lowest BCUT2D eigenvalue weighted by Crippen LogP contribution is -2.31. The monoisotopic (exact) mass is 478 g/mol. The minimum absolute atomic E-state index is 0.169. The maximum atomic E-state index is 9.27. The van der Waals surface area contributed by atoms with Crippen molar-refractivity contribution < 1.29 is 19.2 Å². The number of nitrogens with zero attached hydrogens (tertiary/aromatic N) is 2. The van der Waals surface area contributed by atoms with E-state index in [1.165, 1.54) is 33.6 Å². The second-order valence-electron chi connectivity index (χ2n) is 10.1. The van der Waals surface area contributed by atoms with Gasteiger partial charge in [0.1, 0.15) is 23.8 Å². The highest BCUT2D eigenvalue weighted by Crippen LogP contribution is 2.32. The van der Waals surface area contributed by atoms with Crippen molar-refractivity contribution in [1.29, 1.82) is 0 Å². The van der Waals surface area contributed by atoms with Crippen LogP contribution in [0, 0.1) is 0 Å². The highest BCUT2D eigenvalue weighted by atomic mass is 16.7. The summed E-state index contributed by atoms with van der Waals surface area (Å²) >= 11 is 0. The van der Waals surface area contributed by atoms with Crippen molar-refractivity contribution in [2.24, 2.45) is 0 Å². The van der Waals surface area contributed by atoms with Crippen LogP contribution >= 0.6 is 0 Å². The SMILES string of the molecule is CC(C)c1cccc(C(C)C)c1-n1cc[n+](-c2c(C(C)C)cccc2C(C)C)c1.CCOC(=O)[O-]. The normalized spacial score (nSPS) is 11.2. The van der Waals surface area contributed by atoms with Gasteiger partial charge in [0.2, 0.25) is 0 Å². The molecule has 35 heavy (non-hydrogen) atoms. The second-order valence-corrected chi connectivity index (χ2v) is 10.1. The quantitative estimate of drug-likeness (QED) is 0.283. The number of hydrogen-bond acceptors (Lipinski definition) is 3. The topological polar surface area (TPSA) is 58.2 Å². The van der Waals surface area contributed by atoms with E-state index < -0.39 is 6.16 Å². The molecule has 0 amide bonds. The van der Waals surface area contributed by atoms with Gasteiger partial charge in [-0.2, -0.15) is 0 Å². The van der Waals surface area contributed by atoms with E-state index in [2.05, 4.69) is 124 Å². The Bertz CT molecular complexity index is 980. The van der Waals surface area contributed by atoms with Crippen LogP contribution in [0.3, 0.4) is 0 Å². The number of rotatable bonds is 7. The number of aromatic nitrogens is 2. The second kappa shape index (κ2) is 12.6. The Kier molecular flexibility index (Phi) is 10.1.